The summed E-state index contributed by atoms with van der Waals surface area (Å²) in [7, 11) is -4.07. The molecule has 1 aliphatic carbocycles. The van der Waals surface area contributed by atoms with Crippen molar-refractivity contribution in [2.45, 2.75) is 77.2 Å². The van der Waals surface area contributed by atoms with Gasteiger partial charge in [-0.25, -0.2) is 12.8 Å². The second-order valence-electron chi connectivity index (χ2n) is 11.5. The monoisotopic (exact) mass is 566 g/mol. The molecule has 1 aliphatic rings. The van der Waals surface area contributed by atoms with Crippen LogP contribution in [0.2, 0.25) is 0 Å². The van der Waals surface area contributed by atoms with Gasteiger partial charge < -0.3 is 10.1 Å². The largest absolute Gasteiger partial charge is 0.455 e. The van der Waals surface area contributed by atoms with E-state index in [0.717, 1.165) is 18.4 Å². The molecule has 0 atom stereocenters. The molecule has 1 amide bonds. The summed E-state index contributed by atoms with van der Waals surface area (Å²) in [5.74, 6) is -0.446. The van der Waals surface area contributed by atoms with Crippen molar-refractivity contribution in [3.63, 3.8) is 0 Å². The Morgan fingerprint density at radius 2 is 1.68 bits per heavy atom. The number of aryl methyl sites for hydroxylation is 2. The number of nitrogens with one attached hydrogen (secondary N) is 2. The lowest BCUT2D eigenvalue weighted by Crippen LogP contribution is -2.40. The van der Waals surface area contributed by atoms with Crippen molar-refractivity contribution in [3.05, 3.63) is 82.2 Å². The molecule has 4 rings (SSSR count). The van der Waals surface area contributed by atoms with Crippen molar-refractivity contribution in [2.75, 3.05) is 4.72 Å². The van der Waals surface area contributed by atoms with E-state index in [1.807, 2.05) is 32.9 Å². The molecule has 0 radical (unpaired) electrons. The Labute approximate surface area is 235 Å². The first kappa shape index (κ1) is 29.3. The summed E-state index contributed by atoms with van der Waals surface area (Å²) >= 11 is 0. The van der Waals surface area contributed by atoms with Crippen LogP contribution in [0.5, 0.6) is 11.5 Å². The van der Waals surface area contributed by atoms with E-state index >= 15 is 0 Å². The van der Waals surface area contributed by atoms with Gasteiger partial charge >= 0.3 is 0 Å². The maximum Gasteiger partial charge on any atom is 0.262 e. The Bertz CT molecular complexity index is 1590. The van der Waals surface area contributed by atoms with Crippen LogP contribution in [0.3, 0.4) is 0 Å². The van der Waals surface area contributed by atoms with Gasteiger partial charge in [-0.3, -0.25) is 14.3 Å². The number of amides is 1. The average molecular weight is 567 g/mol. The molecule has 0 spiro atoms. The first-order valence-corrected chi connectivity index (χ1v) is 14.7. The fourth-order valence-corrected chi connectivity index (χ4v) is 5.74. The van der Waals surface area contributed by atoms with Gasteiger partial charge in [-0.2, -0.15) is 0 Å². The van der Waals surface area contributed by atoms with Gasteiger partial charge in [-0.15, -0.1) is 0 Å². The lowest BCUT2D eigenvalue weighted by Gasteiger charge is -2.21. The molecule has 9 heteroatoms. The van der Waals surface area contributed by atoms with Crippen LogP contribution in [0, 0.1) is 19.7 Å². The van der Waals surface area contributed by atoms with Crippen LogP contribution < -0.4 is 14.8 Å². The Balaban J connectivity index is 1.72. The maximum atomic E-state index is 14.8. The van der Waals surface area contributed by atoms with E-state index in [9.17, 15) is 22.4 Å². The van der Waals surface area contributed by atoms with Crippen LogP contribution in [0.4, 0.5) is 10.1 Å². The van der Waals surface area contributed by atoms with Gasteiger partial charge in [-0.05, 0) is 113 Å². The molecule has 3 aromatic rings. The highest BCUT2D eigenvalue weighted by Gasteiger charge is 2.26. The molecular weight excluding hydrogens is 531 g/mol. The third-order valence-corrected chi connectivity index (χ3v) is 8.04. The first-order chi connectivity index (χ1) is 18.6. The highest BCUT2D eigenvalue weighted by Crippen LogP contribution is 2.41. The lowest BCUT2D eigenvalue weighted by atomic mass is 10.1. The molecule has 3 aromatic carbocycles. The molecule has 0 aliphatic heterocycles. The predicted molar refractivity (Wildman–Crippen MR) is 153 cm³/mol. The Morgan fingerprint density at radius 3 is 2.27 bits per heavy atom. The van der Waals surface area contributed by atoms with Crippen molar-refractivity contribution in [3.8, 4) is 11.5 Å². The second kappa shape index (κ2) is 11.0. The molecule has 0 heterocycles. The van der Waals surface area contributed by atoms with Crippen molar-refractivity contribution in [1.29, 1.82) is 0 Å². The number of ether oxygens (including phenoxy) is 1. The summed E-state index contributed by atoms with van der Waals surface area (Å²) in [5, 5.41) is 2.86. The topological polar surface area (TPSA) is 102 Å². The minimum atomic E-state index is -4.07. The number of sulfonamides is 1. The maximum absolute atomic E-state index is 14.8. The van der Waals surface area contributed by atoms with Gasteiger partial charge in [0, 0.05) is 23.6 Å². The van der Waals surface area contributed by atoms with E-state index in [1.165, 1.54) is 37.3 Å². The zero-order valence-electron chi connectivity index (χ0n) is 23.6. The predicted octanol–water partition coefficient (Wildman–Crippen LogP) is 6.57. The molecule has 0 saturated heterocycles. The van der Waals surface area contributed by atoms with E-state index in [0.29, 0.717) is 17.0 Å². The number of hydrogen-bond acceptors (Lipinski definition) is 5. The van der Waals surface area contributed by atoms with Gasteiger partial charge in [-0.1, -0.05) is 12.1 Å². The fourth-order valence-electron chi connectivity index (χ4n) is 4.45. The van der Waals surface area contributed by atoms with E-state index in [2.05, 4.69) is 10.0 Å². The minimum absolute atomic E-state index is 0.0276. The van der Waals surface area contributed by atoms with Gasteiger partial charge in [0.15, 0.2) is 5.75 Å². The molecule has 7 nitrogen and oxygen atoms in total. The number of anilines is 1. The highest BCUT2D eigenvalue weighted by molar-refractivity contribution is 7.92. The van der Waals surface area contributed by atoms with Gasteiger partial charge in [0.1, 0.15) is 17.3 Å². The summed E-state index contributed by atoms with van der Waals surface area (Å²) in [6.45, 7) is 10.4. The zero-order chi connectivity index (χ0) is 29.4. The standard InChI is InChI=1S/C31H35FN2O5S/c1-18-13-24(15-20(3)35)25(32)17-28(18)39-27-11-9-23(30(36)33-31(4,5)6)16-26(27)34-40(37,38)29-12-10-22(14-19(29)2)21-7-8-21/h9-14,16-17,21,34H,7-8,15H2,1-6H3,(H,33,36). The van der Waals surface area contributed by atoms with E-state index in [4.69, 9.17) is 4.74 Å². The van der Waals surface area contributed by atoms with Crippen molar-refractivity contribution in [2.24, 2.45) is 0 Å². The number of hydrogen-bond donors (Lipinski definition) is 2. The Morgan fingerprint density at radius 1 is 0.975 bits per heavy atom. The smallest absolute Gasteiger partial charge is 0.262 e. The van der Waals surface area contributed by atoms with Gasteiger partial charge in [0.25, 0.3) is 15.9 Å². The Kier molecular flexibility index (Phi) is 8.08. The normalized spacial score (nSPS) is 13.6. The van der Waals surface area contributed by atoms with Gasteiger partial charge in [0.05, 0.1) is 10.6 Å². The Hall–Kier alpha value is -3.72. The third kappa shape index (κ3) is 7.07. The summed E-state index contributed by atoms with van der Waals surface area (Å²) in [6, 6.07) is 12.4. The van der Waals surface area contributed by atoms with Crippen molar-refractivity contribution in [1.82, 2.24) is 5.32 Å². The van der Waals surface area contributed by atoms with Crippen LogP contribution in [0.1, 0.15) is 79.1 Å². The van der Waals surface area contributed by atoms with Crippen LogP contribution in [-0.4, -0.2) is 25.6 Å². The van der Waals surface area contributed by atoms with E-state index in [1.54, 1.807) is 19.9 Å². The van der Waals surface area contributed by atoms with Crippen LogP contribution in [0.15, 0.2) is 53.4 Å². The number of rotatable bonds is 9. The highest BCUT2D eigenvalue weighted by atomic mass is 32.2. The summed E-state index contributed by atoms with van der Waals surface area (Å²) in [6.07, 6.45) is 2.15. The number of carbonyl (C=O) groups is 2. The number of ketones is 1. The third-order valence-electron chi connectivity index (χ3n) is 6.52. The van der Waals surface area contributed by atoms with E-state index < -0.39 is 21.4 Å². The first-order valence-electron chi connectivity index (χ1n) is 13.2. The molecule has 0 aromatic heterocycles. The number of benzene rings is 3. The summed E-state index contributed by atoms with van der Waals surface area (Å²) < 4.78 is 50.4. The summed E-state index contributed by atoms with van der Waals surface area (Å²) in [4.78, 5) is 24.5. The van der Waals surface area contributed by atoms with Crippen LogP contribution >= 0.6 is 0 Å². The van der Waals surface area contributed by atoms with Gasteiger partial charge in [0.2, 0.25) is 0 Å². The second-order valence-corrected chi connectivity index (χ2v) is 13.2. The molecular formula is C31H35FN2O5S. The lowest BCUT2D eigenvalue weighted by molar-refractivity contribution is -0.116. The average Bonchev–Trinajstić information content (AvgIpc) is 3.67. The molecule has 212 valence electrons. The fraction of sp³-hybridized carbons (Fsp3) is 0.355. The van der Waals surface area contributed by atoms with Crippen LogP contribution in [0.25, 0.3) is 0 Å². The molecule has 0 bridgehead atoms. The molecule has 0 unspecified atom stereocenters. The van der Waals surface area contributed by atoms with E-state index in [-0.39, 0.29) is 51.3 Å². The zero-order valence-corrected chi connectivity index (χ0v) is 24.5. The molecule has 1 saturated carbocycles. The molecule has 2 N–H and O–H groups in total. The molecule has 1 fully saturated rings. The number of halogens is 1. The number of carbonyl (C=O) groups excluding carboxylic acids is 2. The summed E-state index contributed by atoms with van der Waals surface area (Å²) in [5.41, 5.74) is 2.28. The van der Waals surface area contributed by atoms with Crippen molar-refractivity contribution >= 4 is 27.4 Å². The number of Topliss-reactive ketones (excluding diaryl/α,β-unsaturated/α-hetero) is 1. The van der Waals surface area contributed by atoms with Crippen LogP contribution in [-0.2, 0) is 21.2 Å². The SMILES string of the molecule is CC(=O)Cc1cc(C)c(Oc2ccc(C(=O)NC(C)(C)C)cc2NS(=O)(=O)c2ccc(C3CC3)cc2C)cc1F. The van der Waals surface area contributed by atoms with Crippen molar-refractivity contribution < 1.29 is 27.1 Å². The molecule has 40 heavy (non-hydrogen) atoms. The quantitative estimate of drug-likeness (QED) is 0.305. The minimum Gasteiger partial charge on any atom is -0.455 e.